The van der Waals surface area contributed by atoms with Crippen molar-refractivity contribution in [2.45, 2.75) is 45.1 Å². The van der Waals surface area contributed by atoms with Gasteiger partial charge in [0.05, 0.1) is 4.90 Å². The van der Waals surface area contributed by atoms with E-state index in [1.54, 1.807) is 26.0 Å². The van der Waals surface area contributed by atoms with Gasteiger partial charge in [0.15, 0.2) is 5.60 Å². The van der Waals surface area contributed by atoms with Gasteiger partial charge in [-0.05, 0) is 45.7 Å². The van der Waals surface area contributed by atoms with Crippen molar-refractivity contribution in [2.75, 3.05) is 0 Å². The second kappa shape index (κ2) is 4.94. The predicted molar refractivity (Wildman–Crippen MR) is 70.6 cm³/mol. The van der Waals surface area contributed by atoms with Crippen LogP contribution < -0.4 is 0 Å². The quantitative estimate of drug-likeness (QED) is 0.858. The Morgan fingerprint density at radius 3 is 1.95 bits per heavy atom. The summed E-state index contributed by atoms with van der Waals surface area (Å²) in [5, 5.41) is 8.94. The Balaban J connectivity index is 3.34. The lowest BCUT2D eigenvalue weighted by Gasteiger charge is -2.21. The van der Waals surface area contributed by atoms with Crippen LogP contribution in [0.15, 0.2) is 17.0 Å². The molecule has 19 heavy (non-hydrogen) atoms. The highest BCUT2D eigenvalue weighted by atomic mass is 32.2. The van der Waals surface area contributed by atoms with E-state index >= 15 is 0 Å². The lowest BCUT2D eigenvalue weighted by molar-refractivity contribution is -0.151. The fourth-order valence-corrected chi connectivity index (χ4v) is 3.52. The lowest BCUT2D eigenvalue weighted by Crippen LogP contribution is -2.37. The molecule has 1 rings (SSSR count). The molecule has 5 nitrogen and oxygen atoms in total. The van der Waals surface area contributed by atoms with E-state index in [0.29, 0.717) is 11.1 Å². The van der Waals surface area contributed by atoms with Crippen LogP contribution in [0.4, 0.5) is 0 Å². The zero-order chi connectivity index (χ0) is 15.0. The minimum Gasteiger partial charge on any atom is -0.479 e. The van der Waals surface area contributed by atoms with Crippen molar-refractivity contribution in [1.29, 1.82) is 0 Å². The molecule has 1 aromatic rings. The van der Waals surface area contributed by atoms with Gasteiger partial charge in [0.2, 0.25) is 0 Å². The standard InChI is InChI=1S/C13H18O5S/c1-8-6-9(2)11(10(3)7-8)19(16,17)18-13(4,5)12(14)15/h6-7H,1-5H3,(H,14,15). The summed E-state index contributed by atoms with van der Waals surface area (Å²) in [4.78, 5) is 11.0. The minimum atomic E-state index is -4.12. The molecule has 0 saturated carbocycles. The average molecular weight is 286 g/mol. The van der Waals surface area contributed by atoms with Crippen LogP contribution in [0.5, 0.6) is 0 Å². The minimum absolute atomic E-state index is 0.0347. The first-order valence-corrected chi connectivity index (χ1v) is 7.15. The van der Waals surface area contributed by atoms with Crippen molar-refractivity contribution in [2.24, 2.45) is 0 Å². The van der Waals surface area contributed by atoms with Gasteiger partial charge >= 0.3 is 5.97 Å². The third-order valence-electron chi connectivity index (χ3n) is 2.69. The summed E-state index contributed by atoms with van der Waals surface area (Å²) in [7, 11) is -4.12. The normalized spacial score (nSPS) is 12.5. The van der Waals surface area contributed by atoms with Crippen LogP contribution in [0.3, 0.4) is 0 Å². The molecule has 1 aromatic carbocycles. The number of aliphatic carboxylic acids is 1. The van der Waals surface area contributed by atoms with Crippen molar-refractivity contribution in [3.63, 3.8) is 0 Å². The van der Waals surface area contributed by atoms with E-state index in [4.69, 9.17) is 9.29 Å². The molecule has 0 aliphatic carbocycles. The lowest BCUT2D eigenvalue weighted by atomic mass is 10.1. The van der Waals surface area contributed by atoms with Gasteiger partial charge < -0.3 is 5.11 Å². The molecule has 0 fully saturated rings. The first kappa shape index (κ1) is 15.7. The number of benzene rings is 1. The van der Waals surface area contributed by atoms with Crippen LogP contribution in [0.1, 0.15) is 30.5 Å². The van der Waals surface area contributed by atoms with E-state index in [-0.39, 0.29) is 4.90 Å². The molecule has 0 aliphatic heterocycles. The number of carboxylic acids is 1. The SMILES string of the molecule is Cc1cc(C)c(S(=O)(=O)OC(C)(C)C(=O)O)c(C)c1. The Labute approximate surface area is 113 Å². The van der Waals surface area contributed by atoms with E-state index in [1.807, 2.05) is 6.92 Å². The zero-order valence-corrected chi connectivity index (χ0v) is 12.5. The number of aryl methyl sites for hydroxylation is 3. The summed E-state index contributed by atoms with van der Waals surface area (Å²) in [6, 6.07) is 3.44. The van der Waals surface area contributed by atoms with Gasteiger partial charge in [0.1, 0.15) is 0 Å². The summed E-state index contributed by atoms with van der Waals surface area (Å²) in [5.41, 5.74) is 0.214. The van der Waals surface area contributed by atoms with E-state index < -0.39 is 21.7 Å². The molecule has 0 saturated heterocycles. The Morgan fingerprint density at radius 1 is 1.16 bits per heavy atom. The van der Waals surface area contributed by atoms with E-state index in [9.17, 15) is 13.2 Å². The average Bonchev–Trinajstić information content (AvgIpc) is 2.12. The largest absolute Gasteiger partial charge is 0.479 e. The smallest absolute Gasteiger partial charge is 0.336 e. The van der Waals surface area contributed by atoms with Crippen LogP contribution in [-0.4, -0.2) is 25.1 Å². The maximum atomic E-state index is 12.2. The van der Waals surface area contributed by atoms with E-state index in [0.717, 1.165) is 5.56 Å². The number of carbonyl (C=O) groups is 1. The second-order valence-corrected chi connectivity index (χ2v) is 6.56. The molecule has 0 radical (unpaired) electrons. The van der Waals surface area contributed by atoms with Gasteiger partial charge in [-0.15, -0.1) is 0 Å². The monoisotopic (exact) mass is 286 g/mol. The number of hydrogen-bond acceptors (Lipinski definition) is 4. The zero-order valence-electron chi connectivity index (χ0n) is 11.6. The summed E-state index contributed by atoms with van der Waals surface area (Å²) < 4.78 is 29.3. The van der Waals surface area contributed by atoms with Gasteiger partial charge in [-0.3, -0.25) is 0 Å². The van der Waals surface area contributed by atoms with Crippen molar-refractivity contribution < 1.29 is 22.5 Å². The first-order chi connectivity index (χ1) is 8.47. The van der Waals surface area contributed by atoms with Crippen LogP contribution in [0.2, 0.25) is 0 Å². The highest BCUT2D eigenvalue weighted by molar-refractivity contribution is 7.87. The van der Waals surface area contributed by atoms with Crippen LogP contribution in [0, 0.1) is 20.8 Å². The van der Waals surface area contributed by atoms with Crippen molar-refractivity contribution in [1.82, 2.24) is 0 Å². The molecular formula is C13H18O5S. The van der Waals surface area contributed by atoms with E-state index in [1.165, 1.54) is 13.8 Å². The number of hydrogen-bond donors (Lipinski definition) is 1. The van der Waals surface area contributed by atoms with Crippen molar-refractivity contribution in [3.8, 4) is 0 Å². The Morgan fingerprint density at radius 2 is 1.58 bits per heavy atom. The van der Waals surface area contributed by atoms with Gasteiger partial charge in [-0.2, -0.15) is 8.42 Å². The molecule has 1 N–H and O–H groups in total. The molecule has 0 unspecified atom stereocenters. The molecule has 0 spiro atoms. The topological polar surface area (TPSA) is 80.7 Å². The highest BCUT2D eigenvalue weighted by Crippen LogP contribution is 2.27. The molecule has 0 atom stereocenters. The summed E-state index contributed by atoms with van der Waals surface area (Å²) in [6.07, 6.45) is 0. The fourth-order valence-electron chi connectivity index (χ4n) is 1.91. The number of carboxylic acid groups (broad SMARTS) is 1. The third-order valence-corrected chi connectivity index (χ3v) is 4.47. The number of rotatable bonds is 4. The molecular weight excluding hydrogens is 268 g/mol. The highest BCUT2D eigenvalue weighted by Gasteiger charge is 2.36. The Bertz CT molecular complexity index is 591. The molecule has 0 heterocycles. The maximum Gasteiger partial charge on any atom is 0.336 e. The van der Waals surface area contributed by atoms with Gasteiger partial charge in [-0.25, -0.2) is 8.98 Å². The van der Waals surface area contributed by atoms with E-state index in [2.05, 4.69) is 0 Å². The summed E-state index contributed by atoms with van der Waals surface area (Å²) in [6.45, 7) is 7.57. The van der Waals surface area contributed by atoms with Crippen LogP contribution in [-0.2, 0) is 19.1 Å². The third kappa shape index (κ3) is 3.33. The maximum absolute atomic E-state index is 12.2. The molecule has 0 amide bonds. The Kier molecular flexibility index (Phi) is 4.07. The van der Waals surface area contributed by atoms with Crippen LogP contribution in [0.25, 0.3) is 0 Å². The molecule has 6 heteroatoms. The predicted octanol–water partition coefficient (Wildman–Crippen LogP) is 2.18. The fraction of sp³-hybridized carbons (Fsp3) is 0.462. The second-order valence-electron chi connectivity index (χ2n) is 5.08. The van der Waals surface area contributed by atoms with Crippen molar-refractivity contribution >= 4 is 16.1 Å². The summed E-state index contributed by atoms with van der Waals surface area (Å²) in [5.74, 6) is -1.33. The first-order valence-electron chi connectivity index (χ1n) is 5.74. The van der Waals surface area contributed by atoms with Gasteiger partial charge in [0, 0.05) is 0 Å². The molecule has 0 bridgehead atoms. The van der Waals surface area contributed by atoms with Gasteiger partial charge in [-0.1, -0.05) is 17.7 Å². The Hall–Kier alpha value is -1.40. The molecule has 0 aromatic heterocycles. The molecule has 106 valence electrons. The van der Waals surface area contributed by atoms with Crippen LogP contribution >= 0.6 is 0 Å². The summed E-state index contributed by atoms with van der Waals surface area (Å²) >= 11 is 0. The van der Waals surface area contributed by atoms with Crippen molar-refractivity contribution in [3.05, 3.63) is 28.8 Å². The van der Waals surface area contributed by atoms with Gasteiger partial charge in [0.25, 0.3) is 10.1 Å². The molecule has 0 aliphatic rings.